The summed E-state index contributed by atoms with van der Waals surface area (Å²) in [5.74, 6) is -1.84. The number of aliphatic carboxylic acids is 1. The van der Waals surface area contributed by atoms with Gasteiger partial charge < -0.3 is 10.4 Å². The molecule has 16 heavy (non-hydrogen) atoms. The summed E-state index contributed by atoms with van der Waals surface area (Å²) in [4.78, 5) is 22.6. The number of carboxylic acids is 1. The Morgan fingerprint density at radius 1 is 1.25 bits per heavy atom. The van der Waals surface area contributed by atoms with Crippen molar-refractivity contribution >= 4 is 11.9 Å². The van der Waals surface area contributed by atoms with Gasteiger partial charge in [-0.05, 0) is 11.8 Å². The fourth-order valence-corrected chi connectivity index (χ4v) is 2.28. The van der Waals surface area contributed by atoms with Gasteiger partial charge in [-0.15, -0.1) is 0 Å². The van der Waals surface area contributed by atoms with Crippen LogP contribution in [0.1, 0.15) is 40.0 Å². The van der Waals surface area contributed by atoms with E-state index in [4.69, 9.17) is 5.11 Å². The van der Waals surface area contributed by atoms with E-state index in [1.807, 2.05) is 13.8 Å². The van der Waals surface area contributed by atoms with Crippen LogP contribution >= 0.6 is 0 Å². The molecule has 0 aromatic carbocycles. The average molecular weight is 227 g/mol. The number of rotatable bonds is 6. The van der Waals surface area contributed by atoms with Gasteiger partial charge in [0.2, 0.25) is 5.91 Å². The van der Waals surface area contributed by atoms with Crippen LogP contribution in [0.5, 0.6) is 0 Å². The van der Waals surface area contributed by atoms with Gasteiger partial charge in [0, 0.05) is 6.54 Å². The average Bonchev–Trinajstić information content (AvgIpc) is 2.76. The Balaban J connectivity index is 2.36. The highest BCUT2D eigenvalue weighted by molar-refractivity contribution is 5.91. The molecule has 0 unspecified atom stereocenters. The van der Waals surface area contributed by atoms with Crippen molar-refractivity contribution in [3.63, 3.8) is 0 Å². The van der Waals surface area contributed by atoms with E-state index in [0.29, 0.717) is 6.54 Å². The number of amides is 1. The van der Waals surface area contributed by atoms with E-state index in [1.165, 1.54) is 0 Å². The normalized spacial score (nSPS) is 26.2. The van der Waals surface area contributed by atoms with Crippen LogP contribution in [-0.2, 0) is 9.59 Å². The van der Waals surface area contributed by atoms with Gasteiger partial charge in [-0.1, -0.05) is 33.6 Å². The Hall–Kier alpha value is -1.06. The zero-order valence-electron chi connectivity index (χ0n) is 10.2. The van der Waals surface area contributed by atoms with Gasteiger partial charge in [0.1, 0.15) is 0 Å². The van der Waals surface area contributed by atoms with Crippen LogP contribution in [0.4, 0.5) is 0 Å². The largest absolute Gasteiger partial charge is 0.481 e. The molecule has 92 valence electrons. The second-order valence-electron chi connectivity index (χ2n) is 5.11. The molecule has 0 aromatic rings. The molecule has 1 aliphatic rings. The fourth-order valence-electron chi connectivity index (χ4n) is 2.28. The van der Waals surface area contributed by atoms with Crippen LogP contribution in [0, 0.1) is 17.3 Å². The van der Waals surface area contributed by atoms with Gasteiger partial charge in [0.25, 0.3) is 0 Å². The third-order valence-corrected chi connectivity index (χ3v) is 3.46. The lowest BCUT2D eigenvalue weighted by atomic mass is 10.1. The van der Waals surface area contributed by atoms with Crippen LogP contribution in [0.25, 0.3) is 0 Å². The van der Waals surface area contributed by atoms with Crippen LogP contribution in [0.2, 0.25) is 0 Å². The number of unbranched alkanes of at least 4 members (excludes halogenated alkanes) is 2. The maximum Gasteiger partial charge on any atom is 0.307 e. The van der Waals surface area contributed by atoms with Crippen molar-refractivity contribution in [2.45, 2.75) is 40.0 Å². The molecule has 0 bridgehead atoms. The molecule has 0 spiro atoms. The molecular formula is C12H21NO3. The van der Waals surface area contributed by atoms with Crippen LogP contribution in [-0.4, -0.2) is 23.5 Å². The first kappa shape index (κ1) is 13.0. The number of hydrogen-bond donors (Lipinski definition) is 2. The Morgan fingerprint density at radius 3 is 2.31 bits per heavy atom. The molecule has 4 heteroatoms. The first-order valence-corrected chi connectivity index (χ1v) is 5.93. The third kappa shape index (κ3) is 2.54. The Kier molecular flexibility index (Phi) is 3.94. The minimum absolute atomic E-state index is 0.103. The highest BCUT2D eigenvalue weighted by Crippen LogP contribution is 2.58. The van der Waals surface area contributed by atoms with Crippen LogP contribution in [0.3, 0.4) is 0 Å². The molecule has 1 saturated carbocycles. The first-order valence-electron chi connectivity index (χ1n) is 5.93. The SMILES string of the molecule is CCCCCNC(=O)[C@H]1[C@@H](C(=O)O)C1(C)C. The number of nitrogens with one attached hydrogen (secondary N) is 1. The molecule has 2 N–H and O–H groups in total. The van der Waals surface area contributed by atoms with Gasteiger partial charge in [-0.3, -0.25) is 9.59 Å². The van der Waals surface area contributed by atoms with Crippen molar-refractivity contribution in [3.05, 3.63) is 0 Å². The number of hydrogen-bond acceptors (Lipinski definition) is 2. The summed E-state index contributed by atoms with van der Waals surface area (Å²) in [6.45, 7) is 6.43. The second-order valence-corrected chi connectivity index (χ2v) is 5.11. The molecule has 1 amide bonds. The minimum Gasteiger partial charge on any atom is -0.481 e. The molecule has 1 aliphatic carbocycles. The summed E-state index contributed by atoms with van der Waals surface area (Å²) < 4.78 is 0. The molecule has 1 fully saturated rings. The highest BCUT2D eigenvalue weighted by Gasteiger charge is 2.65. The van der Waals surface area contributed by atoms with Crippen molar-refractivity contribution in [1.82, 2.24) is 5.32 Å². The molecule has 4 nitrogen and oxygen atoms in total. The van der Waals surface area contributed by atoms with Crippen molar-refractivity contribution in [3.8, 4) is 0 Å². The van der Waals surface area contributed by atoms with Gasteiger partial charge in [-0.25, -0.2) is 0 Å². The maximum atomic E-state index is 11.7. The molecule has 0 aliphatic heterocycles. The Labute approximate surface area is 96.4 Å². The minimum atomic E-state index is -0.862. The van der Waals surface area contributed by atoms with Crippen LogP contribution in [0.15, 0.2) is 0 Å². The monoisotopic (exact) mass is 227 g/mol. The zero-order chi connectivity index (χ0) is 12.3. The topological polar surface area (TPSA) is 66.4 Å². The van der Waals surface area contributed by atoms with Crippen molar-refractivity contribution in [2.75, 3.05) is 6.54 Å². The number of carboxylic acid groups (broad SMARTS) is 1. The van der Waals surface area contributed by atoms with E-state index in [9.17, 15) is 9.59 Å². The summed E-state index contributed by atoms with van der Waals surface area (Å²) in [7, 11) is 0. The zero-order valence-corrected chi connectivity index (χ0v) is 10.2. The second kappa shape index (κ2) is 4.85. The van der Waals surface area contributed by atoms with E-state index < -0.39 is 11.9 Å². The maximum absolute atomic E-state index is 11.7. The van der Waals surface area contributed by atoms with Crippen LogP contribution < -0.4 is 5.32 Å². The summed E-state index contributed by atoms with van der Waals surface area (Å²) in [6.07, 6.45) is 3.17. The summed E-state index contributed by atoms with van der Waals surface area (Å²) in [6, 6.07) is 0. The molecule has 0 heterocycles. The van der Waals surface area contributed by atoms with Gasteiger partial charge in [0.15, 0.2) is 0 Å². The Morgan fingerprint density at radius 2 is 1.88 bits per heavy atom. The molecule has 1 rings (SSSR count). The molecule has 2 atom stereocenters. The standard InChI is InChI=1S/C12H21NO3/c1-4-5-6-7-13-10(14)8-9(11(15)16)12(8,2)3/h8-9H,4-7H2,1-3H3,(H,13,14)(H,15,16)/t8-,9+/m1/s1. The lowest BCUT2D eigenvalue weighted by molar-refractivity contribution is -0.140. The van der Waals surface area contributed by atoms with E-state index in [1.54, 1.807) is 0 Å². The quantitative estimate of drug-likeness (QED) is 0.678. The lowest BCUT2D eigenvalue weighted by Crippen LogP contribution is -2.28. The third-order valence-electron chi connectivity index (χ3n) is 3.46. The van der Waals surface area contributed by atoms with Gasteiger partial charge in [0.05, 0.1) is 11.8 Å². The number of carbonyl (C=O) groups is 2. The molecular weight excluding hydrogens is 206 g/mol. The molecule has 0 radical (unpaired) electrons. The van der Waals surface area contributed by atoms with Crippen molar-refractivity contribution in [2.24, 2.45) is 17.3 Å². The fraction of sp³-hybridized carbons (Fsp3) is 0.833. The van der Waals surface area contributed by atoms with E-state index in [2.05, 4.69) is 12.2 Å². The lowest BCUT2D eigenvalue weighted by Gasteiger charge is -2.05. The Bertz CT molecular complexity index is 286. The molecule has 0 aromatic heterocycles. The predicted octanol–water partition coefficient (Wildman–Crippen LogP) is 1.65. The first-order chi connectivity index (χ1) is 7.42. The van der Waals surface area contributed by atoms with Gasteiger partial charge in [-0.2, -0.15) is 0 Å². The summed E-state index contributed by atoms with van der Waals surface area (Å²) >= 11 is 0. The highest BCUT2D eigenvalue weighted by atomic mass is 16.4. The van der Waals surface area contributed by atoms with Crippen molar-refractivity contribution in [1.29, 1.82) is 0 Å². The van der Waals surface area contributed by atoms with E-state index >= 15 is 0 Å². The molecule has 0 saturated heterocycles. The predicted molar refractivity (Wildman–Crippen MR) is 60.9 cm³/mol. The van der Waals surface area contributed by atoms with E-state index in [0.717, 1.165) is 19.3 Å². The van der Waals surface area contributed by atoms with Gasteiger partial charge >= 0.3 is 5.97 Å². The smallest absolute Gasteiger partial charge is 0.307 e. The summed E-state index contributed by atoms with van der Waals surface area (Å²) in [5, 5.41) is 11.8. The van der Waals surface area contributed by atoms with E-state index in [-0.39, 0.29) is 17.2 Å². The van der Waals surface area contributed by atoms with Crippen molar-refractivity contribution < 1.29 is 14.7 Å². The number of carbonyl (C=O) groups excluding carboxylic acids is 1. The summed E-state index contributed by atoms with van der Waals surface area (Å²) in [5.41, 5.74) is -0.388.